The van der Waals surface area contributed by atoms with E-state index in [2.05, 4.69) is 37.8 Å². The molecule has 2 amide bonds. The lowest BCUT2D eigenvalue weighted by atomic mass is 10.1. The Bertz CT molecular complexity index is 1340. The quantitative estimate of drug-likeness (QED) is 0.249. The van der Waals surface area contributed by atoms with Gasteiger partial charge in [-0.05, 0) is 51.2 Å². The van der Waals surface area contributed by atoms with Crippen LogP contribution in [0, 0.1) is 12.7 Å². The van der Waals surface area contributed by atoms with E-state index in [1.807, 2.05) is 12.1 Å². The lowest BCUT2D eigenvalue weighted by Crippen LogP contribution is -2.44. The van der Waals surface area contributed by atoms with Gasteiger partial charge in [-0.3, -0.25) is 9.59 Å². The Morgan fingerprint density at radius 3 is 2.61 bits per heavy atom. The number of piperazine rings is 1. The summed E-state index contributed by atoms with van der Waals surface area (Å²) < 4.78 is 15.6. The van der Waals surface area contributed by atoms with Gasteiger partial charge < -0.3 is 31.9 Å². The van der Waals surface area contributed by atoms with Gasteiger partial charge in [0.2, 0.25) is 0 Å². The maximum atomic E-state index is 14.2. The molecule has 38 heavy (non-hydrogen) atoms. The third-order valence-electron chi connectivity index (χ3n) is 6.42. The van der Waals surface area contributed by atoms with Crippen LogP contribution in [-0.2, 0) is 0 Å². The number of hydrogen-bond acceptors (Lipinski definition) is 8. The van der Waals surface area contributed by atoms with Gasteiger partial charge in [0.25, 0.3) is 11.8 Å². The minimum Gasteiger partial charge on any atom is -0.396 e. The molecule has 0 bridgehead atoms. The Morgan fingerprint density at radius 2 is 1.89 bits per heavy atom. The van der Waals surface area contributed by atoms with E-state index in [4.69, 9.17) is 23.1 Å². The van der Waals surface area contributed by atoms with E-state index >= 15 is 0 Å². The largest absolute Gasteiger partial charge is 0.396 e. The highest BCUT2D eigenvalue weighted by Gasteiger charge is 2.22. The molecule has 11 nitrogen and oxygen atoms in total. The summed E-state index contributed by atoms with van der Waals surface area (Å²) in [6.07, 6.45) is 2.16. The van der Waals surface area contributed by atoms with Gasteiger partial charge in [-0.15, -0.1) is 5.10 Å². The zero-order valence-electron chi connectivity index (χ0n) is 21.3. The minimum atomic E-state index is -0.652. The number of carbonyl (C=O) groups excluding carboxylic acids is 2. The van der Waals surface area contributed by atoms with E-state index in [1.54, 1.807) is 6.07 Å². The second-order valence-corrected chi connectivity index (χ2v) is 9.54. The van der Waals surface area contributed by atoms with Crippen molar-refractivity contribution < 1.29 is 14.0 Å². The molecule has 3 aromatic rings. The molecule has 2 aromatic carbocycles. The molecule has 1 aliphatic rings. The Hall–Kier alpha value is -3.74. The summed E-state index contributed by atoms with van der Waals surface area (Å²) in [4.78, 5) is 30.0. The van der Waals surface area contributed by atoms with Crippen molar-refractivity contribution in [3.63, 3.8) is 0 Å². The van der Waals surface area contributed by atoms with Crippen LogP contribution in [0.3, 0.4) is 0 Å². The zero-order chi connectivity index (χ0) is 27.4. The Balaban J connectivity index is 1.66. The van der Waals surface area contributed by atoms with E-state index in [-0.39, 0.29) is 33.4 Å². The standard InChI is InChI=1S/C25H31ClFN9O2/c1-15-22(26)17(13-18(29)23(15)27)24(37)31-19-12-16(4-5-21(19)35-10-8-34(2)9-11-35)36-14-20(32-33-36)25(38)30-7-3-6-28/h4-5,12-14H,3,6-11,28-29H2,1-2H3,(H,30,38)(H,31,37). The number of rotatable bonds is 8. The molecule has 13 heteroatoms. The van der Waals surface area contributed by atoms with Gasteiger partial charge in [-0.2, -0.15) is 0 Å². The summed E-state index contributed by atoms with van der Waals surface area (Å²) in [6.45, 7) is 5.62. The highest BCUT2D eigenvalue weighted by atomic mass is 35.5. The molecule has 0 radical (unpaired) electrons. The molecular formula is C25H31ClFN9O2. The predicted octanol–water partition coefficient (Wildman–Crippen LogP) is 2.03. The summed E-state index contributed by atoms with van der Waals surface area (Å²) in [5.74, 6) is -1.54. The average Bonchev–Trinajstić information content (AvgIpc) is 3.41. The van der Waals surface area contributed by atoms with Crippen LogP contribution in [-0.4, -0.2) is 78.0 Å². The number of anilines is 3. The molecule has 0 spiro atoms. The van der Waals surface area contributed by atoms with Gasteiger partial charge >= 0.3 is 0 Å². The number of nitrogens with zero attached hydrogens (tertiary/aromatic N) is 5. The number of nitrogens with one attached hydrogen (secondary N) is 2. The van der Waals surface area contributed by atoms with E-state index in [0.717, 1.165) is 31.9 Å². The number of nitrogens with two attached hydrogens (primary N) is 2. The molecule has 202 valence electrons. The molecular weight excluding hydrogens is 513 g/mol. The fourth-order valence-electron chi connectivity index (χ4n) is 4.13. The topological polar surface area (TPSA) is 147 Å². The predicted molar refractivity (Wildman–Crippen MR) is 146 cm³/mol. The molecule has 0 atom stereocenters. The number of amides is 2. The van der Waals surface area contributed by atoms with Gasteiger partial charge in [-0.25, -0.2) is 9.07 Å². The van der Waals surface area contributed by atoms with E-state index < -0.39 is 11.7 Å². The van der Waals surface area contributed by atoms with Crippen LogP contribution in [0.2, 0.25) is 5.02 Å². The maximum Gasteiger partial charge on any atom is 0.273 e. The Kier molecular flexibility index (Phi) is 8.45. The van der Waals surface area contributed by atoms with Crippen LogP contribution in [0.1, 0.15) is 32.8 Å². The van der Waals surface area contributed by atoms with Crippen molar-refractivity contribution in [1.29, 1.82) is 0 Å². The molecule has 1 fully saturated rings. The van der Waals surface area contributed by atoms with E-state index in [9.17, 15) is 14.0 Å². The zero-order valence-corrected chi connectivity index (χ0v) is 22.1. The van der Waals surface area contributed by atoms with Crippen molar-refractivity contribution in [2.75, 3.05) is 62.3 Å². The molecule has 0 saturated carbocycles. The lowest BCUT2D eigenvalue weighted by molar-refractivity contribution is 0.0947. The first-order valence-electron chi connectivity index (χ1n) is 12.2. The summed E-state index contributed by atoms with van der Waals surface area (Å²) in [5.41, 5.74) is 13.3. The number of nitrogen functional groups attached to an aromatic ring is 1. The number of benzene rings is 2. The fourth-order valence-corrected chi connectivity index (χ4v) is 4.35. The Morgan fingerprint density at radius 1 is 1.16 bits per heavy atom. The van der Waals surface area contributed by atoms with Gasteiger partial charge in [0.05, 0.1) is 39.5 Å². The second kappa shape index (κ2) is 11.8. The first-order chi connectivity index (χ1) is 18.2. The van der Waals surface area contributed by atoms with E-state index in [0.29, 0.717) is 30.9 Å². The molecule has 6 N–H and O–H groups in total. The summed E-state index contributed by atoms with van der Waals surface area (Å²) in [6, 6.07) is 6.68. The van der Waals surface area contributed by atoms with Crippen LogP contribution in [0.25, 0.3) is 5.69 Å². The van der Waals surface area contributed by atoms with E-state index in [1.165, 1.54) is 23.9 Å². The van der Waals surface area contributed by atoms with Crippen LogP contribution in [0.15, 0.2) is 30.5 Å². The van der Waals surface area contributed by atoms with Gasteiger partial charge in [-0.1, -0.05) is 16.8 Å². The number of carbonyl (C=O) groups is 2. The van der Waals surface area contributed by atoms with Crippen LogP contribution in [0.4, 0.5) is 21.5 Å². The Labute approximate surface area is 224 Å². The summed E-state index contributed by atoms with van der Waals surface area (Å²) in [7, 11) is 2.06. The fraction of sp³-hybridized carbons (Fsp3) is 0.360. The highest BCUT2D eigenvalue weighted by molar-refractivity contribution is 6.35. The number of halogens is 2. The summed E-state index contributed by atoms with van der Waals surface area (Å²) >= 11 is 6.30. The first-order valence-corrected chi connectivity index (χ1v) is 12.6. The normalized spacial score (nSPS) is 14.0. The molecule has 4 rings (SSSR count). The number of aromatic nitrogens is 3. The maximum absolute atomic E-state index is 14.2. The minimum absolute atomic E-state index is 0.00642. The van der Waals surface area contributed by atoms with Crippen molar-refractivity contribution in [3.05, 3.63) is 58.1 Å². The molecule has 0 unspecified atom stereocenters. The van der Waals surface area contributed by atoms with Gasteiger partial charge in [0, 0.05) is 38.3 Å². The van der Waals surface area contributed by atoms with Crippen molar-refractivity contribution in [2.24, 2.45) is 5.73 Å². The third kappa shape index (κ3) is 5.87. The van der Waals surface area contributed by atoms with Crippen molar-refractivity contribution >= 4 is 40.5 Å². The molecule has 2 heterocycles. The van der Waals surface area contributed by atoms with Crippen molar-refractivity contribution in [2.45, 2.75) is 13.3 Å². The average molecular weight is 544 g/mol. The van der Waals surface area contributed by atoms with Crippen LogP contribution < -0.4 is 27.0 Å². The molecule has 1 saturated heterocycles. The van der Waals surface area contributed by atoms with Crippen LogP contribution >= 0.6 is 11.6 Å². The molecule has 0 aliphatic carbocycles. The third-order valence-corrected chi connectivity index (χ3v) is 6.91. The highest BCUT2D eigenvalue weighted by Crippen LogP contribution is 2.32. The monoisotopic (exact) mass is 543 g/mol. The van der Waals surface area contributed by atoms with Crippen LogP contribution in [0.5, 0.6) is 0 Å². The lowest BCUT2D eigenvalue weighted by Gasteiger charge is -2.35. The van der Waals surface area contributed by atoms with Gasteiger partial charge in [0.15, 0.2) is 11.5 Å². The van der Waals surface area contributed by atoms with Crippen molar-refractivity contribution in [1.82, 2.24) is 25.2 Å². The van der Waals surface area contributed by atoms with Gasteiger partial charge in [0.1, 0.15) is 0 Å². The SMILES string of the molecule is Cc1c(F)c(N)cc(C(=O)Nc2cc(-n3cc(C(=O)NCCCN)nn3)ccc2N2CCN(C)CC2)c1Cl. The molecule has 1 aromatic heterocycles. The number of hydrogen-bond donors (Lipinski definition) is 4. The smallest absolute Gasteiger partial charge is 0.273 e. The number of likely N-dealkylation sites (N-methyl/N-ethyl adjacent to an activating group) is 1. The molecule has 1 aliphatic heterocycles. The van der Waals surface area contributed by atoms with Crippen molar-refractivity contribution in [3.8, 4) is 5.69 Å². The summed E-state index contributed by atoms with van der Waals surface area (Å²) in [5, 5.41) is 13.7. The first kappa shape index (κ1) is 27.3. The second-order valence-electron chi connectivity index (χ2n) is 9.16.